The molecule has 0 atom stereocenters. The Bertz CT molecular complexity index is 286. The number of rotatable bonds is 0. The predicted molar refractivity (Wildman–Crippen MR) is 35.6 cm³/mol. The minimum absolute atomic E-state index is 0.942. The Hall–Kier alpha value is -1.40. The topological polar surface area (TPSA) is 15.4 Å². The summed E-state index contributed by atoms with van der Waals surface area (Å²) in [5.74, 6) is 0.942. The lowest BCUT2D eigenvalue weighted by Gasteiger charge is -1.89. The van der Waals surface area contributed by atoms with E-state index in [9.17, 15) is 0 Å². The van der Waals surface area contributed by atoms with Gasteiger partial charge in [-0.3, -0.25) is 0 Å². The van der Waals surface area contributed by atoms with Crippen LogP contribution < -0.4 is 0 Å². The van der Waals surface area contributed by atoms with Crippen molar-refractivity contribution < 1.29 is 4.58 Å². The van der Waals surface area contributed by atoms with Crippen LogP contribution in [0.25, 0.3) is 0 Å². The maximum atomic E-state index is 4.05. The zero-order valence-electron chi connectivity index (χ0n) is 4.78. The molecule has 9 heavy (non-hydrogen) atoms. The van der Waals surface area contributed by atoms with Gasteiger partial charge in [-0.25, -0.2) is 0 Å². The molecule has 2 rings (SSSR count). The fourth-order valence-corrected chi connectivity index (χ4v) is 0.808. The molecule has 2 nitrogen and oxygen atoms in total. The van der Waals surface area contributed by atoms with Crippen molar-refractivity contribution in [3.8, 4) is 0 Å². The minimum atomic E-state index is 0.942. The standard InChI is InChI=1S/C7H5N2/c1-2-5-9-6-4-8-7(9)3-1/h2-6H/q+1. The number of hydrogen-bond donors (Lipinski definition) is 0. The highest BCUT2D eigenvalue weighted by atomic mass is 15.1. The van der Waals surface area contributed by atoms with Crippen molar-refractivity contribution in [2.45, 2.75) is 0 Å². The highest BCUT2D eigenvalue weighted by molar-refractivity contribution is 5.93. The lowest BCUT2D eigenvalue weighted by atomic mass is 10.4. The predicted octanol–water partition coefficient (Wildman–Crippen LogP) is 0.678. The second-order valence-corrected chi connectivity index (χ2v) is 1.82. The van der Waals surface area contributed by atoms with Gasteiger partial charge in [0.2, 0.25) is 0 Å². The van der Waals surface area contributed by atoms with E-state index in [2.05, 4.69) is 10.7 Å². The summed E-state index contributed by atoms with van der Waals surface area (Å²) in [6.07, 6.45) is 9.30. The van der Waals surface area contributed by atoms with Crippen LogP contribution in [0.3, 0.4) is 0 Å². The first-order valence-corrected chi connectivity index (χ1v) is 2.75. The lowest BCUT2D eigenvalue weighted by Crippen LogP contribution is -2.11. The lowest BCUT2D eigenvalue weighted by molar-refractivity contribution is -0.311. The van der Waals surface area contributed by atoms with Crippen LogP contribution >= 0.6 is 0 Å². The van der Waals surface area contributed by atoms with Gasteiger partial charge in [-0.1, -0.05) is 0 Å². The van der Waals surface area contributed by atoms with E-state index in [1.165, 1.54) is 0 Å². The van der Waals surface area contributed by atoms with Crippen molar-refractivity contribution in [2.75, 3.05) is 0 Å². The van der Waals surface area contributed by atoms with Gasteiger partial charge in [0.15, 0.2) is 6.20 Å². The van der Waals surface area contributed by atoms with E-state index in [1.54, 1.807) is 6.20 Å². The molecule has 2 aliphatic heterocycles. The normalized spacial score (nSPS) is 19.6. The van der Waals surface area contributed by atoms with E-state index in [-0.39, 0.29) is 0 Å². The van der Waals surface area contributed by atoms with Crippen LogP contribution in [0.2, 0.25) is 0 Å². The first-order valence-electron chi connectivity index (χ1n) is 2.75. The van der Waals surface area contributed by atoms with Crippen molar-refractivity contribution in [3.05, 3.63) is 30.3 Å². The summed E-state index contributed by atoms with van der Waals surface area (Å²) < 4.78 is 1.94. The molecule has 0 radical (unpaired) electrons. The number of amidine groups is 1. The number of fused-ring (bicyclic) bond motifs is 1. The summed E-state index contributed by atoms with van der Waals surface area (Å²) in [4.78, 5) is 4.05. The fourth-order valence-electron chi connectivity index (χ4n) is 0.808. The fraction of sp³-hybridized carbons (Fsp3) is 0. The van der Waals surface area contributed by atoms with Gasteiger partial charge < -0.3 is 0 Å². The highest BCUT2D eigenvalue weighted by Gasteiger charge is 2.13. The zero-order valence-corrected chi connectivity index (χ0v) is 4.78. The molecule has 0 aliphatic carbocycles. The van der Waals surface area contributed by atoms with Crippen LogP contribution in [0.5, 0.6) is 0 Å². The van der Waals surface area contributed by atoms with E-state index < -0.39 is 0 Å². The Morgan fingerprint density at radius 2 is 2.56 bits per heavy atom. The first-order chi connectivity index (χ1) is 4.47. The van der Waals surface area contributed by atoms with E-state index in [4.69, 9.17) is 0 Å². The van der Waals surface area contributed by atoms with Crippen molar-refractivity contribution in [1.29, 1.82) is 0 Å². The molecular formula is C7H5N2+. The van der Waals surface area contributed by atoms with Gasteiger partial charge in [0, 0.05) is 6.08 Å². The van der Waals surface area contributed by atoms with Gasteiger partial charge in [-0.05, 0) is 4.99 Å². The first kappa shape index (κ1) is 4.48. The quantitative estimate of drug-likeness (QED) is 0.327. The number of nitrogens with zero attached hydrogens (tertiary/aromatic N) is 2. The summed E-state index contributed by atoms with van der Waals surface area (Å²) in [6.45, 7) is 0. The molecule has 0 aromatic carbocycles. The molecule has 0 bridgehead atoms. The Labute approximate surface area is 52.8 Å². The molecule has 2 heteroatoms. The van der Waals surface area contributed by atoms with Crippen molar-refractivity contribution in [1.82, 2.24) is 0 Å². The molecule has 42 valence electrons. The number of aliphatic imine (C=N–C) groups is 1. The monoisotopic (exact) mass is 117 g/mol. The third kappa shape index (κ3) is 0.574. The van der Waals surface area contributed by atoms with Crippen molar-refractivity contribution in [3.63, 3.8) is 0 Å². The Kier molecular flexibility index (Phi) is 0.765. The largest absolute Gasteiger partial charge is 0.335 e. The average molecular weight is 117 g/mol. The maximum absolute atomic E-state index is 4.05. The SMILES string of the molecule is C1=CC=[N+]2C=CN=C2C=1. The van der Waals surface area contributed by atoms with Crippen molar-refractivity contribution >= 4 is 12.1 Å². The summed E-state index contributed by atoms with van der Waals surface area (Å²) in [6, 6.07) is 0. The minimum Gasteiger partial charge on any atom is -0.198 e. The summed E-state index contributed by atoms with van der Waals surface area (Å²) in [5, 5.41) is 0. The van der Waals surface area contributed by atoms with Gasteiger partial charge >= 0.3 is 5.84 Å². The van der Waals surface area contributed by atoms with Gasteiger partial charge in [0.25, 0.3) is 0 Å². The van der Waals surface area contributed by atoms with E-state index in [0.29, 0.717) is 0 Å². The van der Waals surface area contributed by atoms with E-state index in [1.807, 2.05) is 29.1 Å². The number of hydrogen-bond acceptors (Lipinski definition) is 1. The van der Waals surface area contributed by atoms with Gasteiger partial charge in [-0.15, -0.1) is 5.73 Å². The second kappa shape index (κ2) is 1.54. The molecule has 0 spiro atoms. The molecule has 0 saturated carbocycles. The second-order valence-electron chi connectivity index (χ2n) is 1.82. The molecule has 0 saturated heterocycles. The Balaban J connectivity index is 2.61. The van der Waals surface area contributed by atoms with Crippen molar-refractivity contribution in [2.24, 2.45) is 4.99 Å². The Morgan fingerprint density at radius 1 is 1.56 bits per heavy atom. The molecule has 0 aromatic rings. The molecule has 0 fully saturated rings. The highest BCUT2D eigenvalue weighted by Crippen LogP contribution is 1.98. The van der Waals surface area contributed by atoms with Gasteiger partial charge in [0.1, 0.15) is 12.4 Å². The Morgan fingerprint density at radius 3 is 3.44 bits per heavy atom. The van der Waals surface area contributed by atoms with E-state index >= 15 is 0 Å². The average Bonchev–Trinajstić information content (AvgIpc) is 2.33. The van der Waals surface area contributed by atoms with Crippen LogP contribution in [-0.2, 0) is 0 Å². The molecule has 0 N–H and O–H groups in total. The van der Waals surface area contributed by atoms with Crippen LogP contribution in [-0.4, -0.2) is 16.6 Å². The molecule has 0 aromatic heterocycles. The molecule has 2 heterocycles. The third-order valence-electron chi connectivity index (χ3n) is 1.24. The summed E-state index contributed by atoms with van der Waals surface area (Å²) in [7, 11) is 0. The molecule has 0 amide bonds. The smallest absolute Gasteiger partial charge is 0.198 e. The van der Waals surface area contributed by atoms with Gasteiger partial charge in [-0.2, -0.15) is 4.58 Å². The summed E-state index contributed by atoms with van der Waals surface area (Å²) in [5.41, 5.74) is 2.94. The zero-order chi connectivity index (χ0) is 6.10. The van der Waals surface area contributed by atoms with Crippen LogP contribution in [0.4, 0.5) is 0 Å². The summed E-state index contributed by atoms with van der Waals surface area (Å²) >= 11 is 0. The molecule has 2 aliphatic rings. The molecular weight excluding hydrogens is 112 g/mol. The van der Waals surface area contributed by atoms with Crippen LogP contribution in [0, 0.1) is 0 Å². The maximum Gasteiger partial charge on any atom is 0.335 e. The van der Waals surface area contributed by atoms with E-state index in [0.717, 1.165) is 5.84 Å². The van der Waals surface area contributed by atoms with Crippen LogP contribution in [0.1, 0.15) is 0 Å². The molecule has 0 unspecified atom stereocenters. The van der Waals surface area contributed by atoms with Gasteiger partial charge in [0.05, 0.1) is 6.08 Å². The third-order valence-corrected chi connectivity index (χ3v) is 1.24. The van der Waals surface area contributed by atoms with Crippen LogP contribution in [0.15, 0.2) is 35.3 Å².